The number of guanidine groups is 1. The Hall–Kier alpha value is -2.45. The summed E-state index contributed by atoms with van der Waals surface area (Å²) in [6.07, 6.45) is -4.43. The van der Waals surface area contributed by atoms with Crippen molar-refractivity contribution in [3.63, 3.8) is 0 Å². The molecule has 1 aromatic carbocycles. The van der Waals surface area contributed by atoms with E-state index in [-0.39, 0.29) is 6.54 Å². The second kappa shape index (κ2) is 9.88. The van der Waals surface area contributed by atoms with Gasteiger partial charge in [0, 0.05) is 26.2 Å². The Bertz CT molecular complexity index is 633. The molecule has 0 aliphatic rings. The fourth-order valence-corrected chi connectivity index (χ4v) is 2.15. The van der Waals surface area contributed by atoms with Crippen molar-refractivity contribution in [3.8, 4) is 5.75 Å². The Morgan fingerprint density at radius 3 is 2.58 bits per heavy atom. The van der Waals surface area contributed by atoms with Crippen LogP contribution in [0.1, 0.15) is 18.1 Å². The zero-order valence-corrected chi connectivity index (χ0v) is 15.4. The van der Waals surface area contributed by atoms with Gasteiger partial charge in [-0.2, -0.15) is 13.2 Å². The zero-order chi connectivity index (χ0) is 19.7. The van der Waals surface area contributed by atoms with Gasteiger partial charge in [-0.15, -0.1) is 0 Å². The van der Waals surface area contributed by atoms with Crippen LogP contribution >= 0.6 is 0 Å². The molecular formula is C17H25F3N4O2. The average molecular weight is 374 g/mol. The van der Waals surface area contributed by atoms with Gasteiger partial charge in [0.1, 0.15) is 12.3 Å². The number of aryl methyl sites for hydroxylation is 1. The van der Waals surface area contributed by atoms with Gasteiger partial charge in [-0.25, -0.2) is 0 Å². The van der Waals surface area contributed by atoms with Gasteiger partial charge >= 0.3 is 6.18 Å². The van der Waals surface area contributed by atoms with E-state index in [2.05, 4.69) is 15.6 Å². The van der Waals surface area contributed by atoms with E-state index < -0.39 is 18.6 Å². The fraction of sp³-hybridized carbons (Fsp3) is 0.529. The van der Waals surface area contributed by atoms with E-state index in [0.29, 0.717) is 24.0 Å². The Morgan fingerprint density at radius 2 is 2.00 bits per heavy atom. The maximum atomic E-state index is 12.3. The second-order valence-corrected chi connectivity index (χ2v) is 5.69. The minimum absolute atomic E-state index is 0.293. The molecule has 9 heteroatoms. The molecule has 6 nitrogen and oxygen atoms in total. The molecule has 1 rings (SSSR count). The molecule has 0 radical (unpaired) electrons. The normalized spacial score (nSPS) is 11.9. The third kappa shape index (κ3) is 7.62. The third-order valence-corrected chi connectivity index (χ3v) is 3.44. The molecule has 26 heavy (non-hydrogen) atoms. The van der Waals surface area contributed by atoms with E-state index in [0.717, 1.165) is 23.9 Å². The van der Waals surface area contributed by atoms with Crippen LogP contribution in [0.5, 0.6) is 5.75 Å². The second-order valence-electron chi connectivity index (χ2n) is 5.69. The van der Waals surface area contributed by atoms with E-state index in [1.165, 1.54) is 7.05 Å². The van der Waals surface area contributed by atoms with Gasteiger partial charge in [0.15, 0.2) is 5.96 Å². The van der Waals surface area contributed by atoms with E-state index in [9.17, 15) is 18.0 Å². The van der Waals surface area contributed by atoms with E-state index in [1.807, 2.05) is 32.0 Å². The summed E-state index contributed by atoms with van der Waals surface area (Å²) in [5.41, 5.74) is 1.97. The number of nitrogens with zero attached hydrogens (tertiary/aromatic N) is 2. The molecule has 0 bridgehead atoms. The standard InChI is InChI=1S/C17H25F3N4O2/c1-5-26-14-8-12(2)6-7-13(14)9-22-16(21-3)23-10-15(25)24(4)11-17(18,19)20/h6-8H,5,9-11H2,1-4H3,(H2,21,22,23). The monoisotopic (exact) mass is 374 g/mol. The average Bonchev–Trinajstić information content (AvgIpc) is 2.55. The number of nitrogens with one attached hydrogen (secondary N) is 2. The summed E-state index contributed by atoms with van der Waals surface area (Å²) in [7, 11) is 2.62. The van der Waals surface area contributed by atoms with Crippen molar-refractivity contribution in [2.75, 3.05) is 33.8 Å². The maximum absolute atomic E-state index is 12.3. The number of aliphatic imine (C=N–C) groups is 1. The van der Waals surface area contributed by atoms with Gasteiger partial charge in [-0.3, -0.25) is 9.79 Å². The van der Waals surface area contributed by atoms with Crippen LogP contribution in [0.3, 0.4) is 0 Å². The van der Waals surface area contributed by atoms with Gasteiger partial charge in [-0.1, -0.05) is 12.1 Å². The number of amides is 1. The molecule has 0 saturated heterocycles. The van der Waals surface area contributed by atoms with Crippen molar-refractivity contribution in [1.29, 1.82) is 0 Å². The number of rotatable bonds is 7. The smallest absolute Gasteiger partial charge is 0.406 e. The molecule has 1 aromatic rings. The van der Waals surface area contributed by atoms with Crippen molar-refractivity contribution in [3.05, 3.63) is 29.3 Å². The Morgan fingerprint density at radius 1 is 1.31 bits per heavy atom. The van der Waals surface area contributed by atoms with E-state index in [4.69, 9.17) is 4.74 Å². The van der Waals surface area contributed by atoms with E-state index >= 15 is 0 Å². The Balaban J connectivity index is 2.57. The van der Waals surface area contributed by atoms with Crippen LogP contribution in [0.2, 0.25) is 0 Å². The molecule has 146 valence electrons. The molecule has 0 saturated carbocycles. The number of alkyl halides is 3. The molecule has 2 N–H and O–H groups in total. The van der Waals surface area contributed by atoms with Crippen molar-refractivity contribution in [2.45, 2.75) is 26.6 Å². The summed E-state index contributed by atoms with van der Waals surface area (Å²) in [5, 5.41) is 5.72. The van der Waals surface area contributed by atoms with Gasteiger partial charge in [-0.05, 0) is 25.5 Å². The van der Waals surface area contributed by atoms with Gasteiger partial charge in [0.05, 0.1) is 13.2 Å². The van der Waals surface area contributed by atoms with Gasteiger partial charge in [0.25, 0.3) is 0 Å². The highest BCUT2D eigenvalue weighted by Gasteiger charge is 2.31. The van der Waals surface area contributed by atoms with Crippen LogP contribution < -0.4 is 15.4 Å². The first kappa shape index (κ1) is 21.6. The van der Waals surface area contributed by atoms with Crippen LogP contribution in [0, 0.1) is 6.92 Å². The van der Waals surface area contributed by atoms with Crippen LogP contribution in [0.25, 0.3) is 0 Å². The highest BCUT2D eigenvalue weighted by atomic mass is 19.4. The first-order chi connectivity index (χ1) is 12.2. The number of hydrogen-bond acceptors (Lipinski definition) is 3. The lowest BCUT2D eigenvalue weighted by Gasteiger charge is -2.20. The summed E-state index contributed by atoms with van der Waals surface area (Å²) < 4.78 is 42.5. The number of halogens is 3. The highest BCUT2D eigenvalue weighted by Crippen LogP contribution is 2.20. The number of benzene rings is 1. The van der Waals surface area contributed by atoms with Gasteiger partial charge < -0.3 is 20.3 Å². The predicted molar refractivity (Wildman–Crippen MR) is 94.2 cm³/mol. The van der Waals surface area contributed by atoms with Crippen molar-refractivity contribution in [1.82, 2.24) is 15.5 Å². The number of carbonyl (C=O) groups is 1. The summed E-state index contributed by atoms with van der Waals surface area (Å²) in [6, 6.07) is 5.79. The van der Waals surface area contributed by atoms with E-state index in [1.54, 1.807) is 0 Å². The number of ether oxygens (including phenoxy) is 1. The molecule has 0 heterocycles. The minimum atomic E-state index is -4.43. The first-order valence-electron chi connectivity index (χ1n) is 8.13. The molecule has 0 aromatic heterocycles. The van der Waals surface area contributed by atoms with Crippen LogP contribution in [0.15, 0.2) is 23.2 Å². The lowest BCUT2D eigenvalue weighted by molar-refractivity contribution is -0.157. The molecule has 0 aliphatic carbocycles. The lowest BCUT2D eigenvalue weighted by Crippen LogP contribution is -2.45. The van der Waals surface area contributed by atoms with Crippen LogP contribution in [-0.2, 0) is 11.3 Å². The van der Waals surface area contributed by atoms with Crippen LogP contribution in [0.4, 0.5) is 13.2 Å². The molecule has 0 aliphatic heterocycles. The zero-order valence-electron chi connectivity index (χ0n) is 15.4. The summed E-state index contributed by atoms with van der Waals surface area (Å²) in [4.78, 5) is 16.3. The number of hydrogen-bond donors (Lipinski definition) is 2. The maximum Gasteiger partial charge on any atom is 0.406 e. The highest BCUT2D eigenvalue weighted by molar-refractivity contribution is 5.86. The largest absolute Gasteiger partial charge is 0.494 e. The topological polar surface area (TPSA) is 66.0 Å². The number of likely N-dealkylation sites (N-methyl/N-ethyl adjacent to an activating group) is 1. The molecular weight excluding hydrogens is 349 g/mol. The van der Waals surface area contributed by atoms with Crippen molar-refractivity contribution < 1.29 is 22.7 Å². The summed E-state index contributed by atoms with van der Waals surface area (Å²) in [6.45, 7) is 3.19. The quantitative estimate of drug-likeness (QED) is 0.567. The molecule has 0 unspecified atom stereocenters. The Kier molecular flexibility index (Phi) is 8.21. The predicted octanol–water partition coefficient (Wildman–Crippen LogP) is 2.08. The number of carbonyl (C=O) groups excluding carboxylic acids is 1. The van der Waals surface area contributed by atoms with Gasteiger partial charge in [0.2, 0.25) is 5.91 Å². The molecule has 1 amide bonds. The Labute approximate surface area is 151 Å². The summed E-state index contributed by atoms with van der Waals surface area (Å²) >= 11 is 0. The first-order valence-corrected chi connectivity index (χ1v) is 8.13. The fourth-order valence-electron chi connectivity index (χ4n) is 2.15. The molecule has 0 fully saturated rings. The van der Waals surface area contributed by atoms with Crippen molar-refractivity contribution >= 4 is 11.9 Å². The molecule has 0 atom stereocenters. The SMILES string of the molecule is CCOc1cc(C)ccc1CNC(=NC)NCC(=O)N(C)CC(F)(F)F. The molecule has 0 spiro atoms. The summed E-state index contributed by atoms with van der Waals surface area (Å²) in [5.74, 6) is 0.369. The minimum Gasteiger partial charge on any atom is -0.494 e. The van der Waals surface area contributed by atoms with Crippen LogP contribution in [-0.4, -0.2) is 56.7 Å². The third-order valence-electron chi connectivity index (χ3n) is 3.44. The lowest BCUT2D eigenvalue weighted by atomic mass is 10.1. The van der Waals surface area contributed by atoms with Crippen molar-refractivity contribution in [2.24, 2.45) is 4.99 Å².